The molecule has 27 heavy (non-hydrogen) atoms. The number of ketones is 1. The molecule has 2 heterocycles. The summed E-state index contributed by atoms with van der Waals surface area (Å²) in [6.45, 7) is 4.82. The molecule has 0 spiro atoms. The van der Waals surface area contributed by atoms with Crippen molar-refractivity contribution in [1.29, 1.82) is 0 Å². The van der Waals surface area contributed by atoms with Gasteiger partial charge >= 0.3 is 11.9 Å². The molecule has 7 nitrogen and oxygen atoms in total. The zero-order valence-electron chi connectivity index (χ0n) is 15.5. The Hall–Kier alpha value is -3.35. The van der Waals surface area contributed by atoms with Crippen LogP contribution in [0.3, 0.4) is 0 Å². The van der Waals surface area contributed by atoms with Crippen LogP contribution in [-0.2, 0) is 9.47 Å². The number of aromatic nitrogens is 2. The van der Waals surface area contributed by atoms with Crippen LogP contribution in [0, 0.1) is 13.8 Å². The molecular formula is C20H20N2O5. The highest BCUT2D eigenvalue weighted by Crippen LogP contribution is 2.21. The summed E-state index contributed by atoms with van der Waals surface area (Å²) in [6.07, 6.45) is -1.02. The predicted molar refractivity (Wildman–Crippen MR) is 99.1 cm³/mol. The monoisotopic (exact) mass is 368 g/mol. The Balaban J connectivity index is 1.79. The van der Waals surface area contributed by atoms with Gasteiger partial charge in [0.25, 0.3) is 0 Å². The third-order valence-electron chi connectivity index (χ3n) is 4.48. The van der Waals surface area contributed by atoms with Crippen molar-refractivity contribution < 1.29 is 23.9 Å². The number of aryl methyl sites for hydroxylation is 1. The number of nitrogens with one attached hydrogen (secondary N) is 2. The Morgan fingerprint density at radius 1 is 1.04 bits per heavy atom. The minimum atomic E-state index is -1.02. The lowest BCUT2D eigenvalue weighted by Crippen LogP contribution is -2.25. The Kier molecular flexibility index (Phi) is 4.85. The second kappa shape index (κ2) is 7.11. The number of benzene rings is 1. The van der Waals surface area contributed by atoms with Crippen LogP contribution in [0.4, 0.5) is 0 Å². The molecular weight excluding hydrogens is 348 g/mol. The quantitative estimate of drug-likeness (QED) is 0.531. The van der Waals surface area contributed by atoms with Crippen LogP contribution in [0.15, 0.2) is 30.3 Å². The molecule has 0 aliphatic rings. The van der Waals surface area contributed by atoms with Crippen LogP contribution in [0.1, 0.15) is 49.5 Å². The highest BCUT2D eigenvalue weighted by Gasteiger charge is 2.27. The van der Waals surface area contributed by atoms with Gasteiger partial charge in [0.1, 0.15) is 5.69 Å². The van der Waals surface area contributed by atoms with E-state index in [1.54, 1.807) is 19.9 Å². The van der Waals surface area contributed by atoms with E-state index in [9.17, 15) is 14.4 Å². The van der Waals surface area contributed by atoms with Crippen LogP contribution in [0.25, 0.3) is 10.9 Å². The lowest BCUT2D eigenvalue weighted by molar-refractivity contribution is 0.0312. The highest BCUT2D eigenvalue weighted by molar-refractivity contribution is 6.04. The third-order valence-corrected chi connectivity index (χ3v) is 4.48. The number of esters is 2. The molecule has 1 aromatic carbocycles. The maximum absolute atomic E-state index is 12.7. The summed E-state index contributed by atoms with van der Waals surface area (Å²) < 4.78 is 10.1. The number of H-pyrrole nitrogens is 2. The SMILES string of the molecule is COC(=O)c1c(C)[nH]c(C(=O)C(C)OC(=O)c2cc3ccccc3[nH]2)c1C. The molecule has 2 N–H and O–H groups in total. The summed E-state index contributed by atoms with van der Waals surface area (Å²) in [5.41, 5.74) is 2.61. The van der Waals surface area contributed by atoms with Crippen molar-refractivity contribution in [3.8, 4) is 0 Å². The van der Waals surface area contributed by atoms with Gasteiger partial charge in [-0.15, -0.1) is 0 Å². The first-order chi connectivity index (χ1) is 12.8. The van der Waals surface area contributed by atoms with E-state index in [2.05, 4.69) is 9.97 Å². The van der Waals surface area contributed by atoms with Gasteiger partial charge in [0.15, 0.2) is 6.10 Å². The van der Waals surface area contributed by atoms with Gasteiger partial charge in [-0.25, -0.2) is 9.59 Å². The van der Waals surface area contributed by atoms with Crippen molar-refractivity contribution in [2.75, 3.05) is 7.11 Å². The summed E-state index contributed by atoms with van der Waals surface area (Å²) in [6, 6.07) is 9.12. The van der Waals surface area contributed by atoms with Gasteiger partial charge in [-0.1, -0.05) is 18.2 Å². The van der Waals surface area contributed by atoms with Gasteiger partial charge in [-0.05, 0) is 38.5 Å². The Bertz CT molecular complexity index is 1010. The van der Waals surface area contributed by atoms with Crippen LogP contribution >= 0.6 is 0 Å². The second-order valence-electron chi connectivity index (χ2n) is 6.30. The number of hydrogen-bond acceptors (Lipinski definition) is 5. The molecule has 2 aromatic heterocycles. The molecule has 0 radical (unpaired) electrons. The molecule has 3 rings (SSSR count). The van der Waals surface area contributed by atoms with Crippen LogP contribution in [0.5, 0.6) is 0 Å². The van der Waals surface area contributed by atoms with Gasteiger partial charge in [0.2, 0.25) is 5.78 Å². The van der Waals surface area contributed by atoms with Gasteiger partial charge < -0.3 is 19.4 Å². The minimum absolute atomic E-state index is 0.227. The van der Waals surface area contributed by atoms with Gasteiger partial charge in [0.05, 0.1) is 18.4 Å². The van der Waals surface area contributed by atoms with E-state index >= 15 is 0 Å². The predicted octanol–water partition coefficient (Wildman–Crippen LogP) is 3.33. The van der Waals surface area contributed by atoms with E-state index in [4.69, 9.17) is 9.47 Å². The first kappa shape index (κ1) is 18.4. The fraction of sp³-hybridized carbons (Fsp3) is 0.250. The first-order valence-corrected chi connectivity index (χ1v) is 8.44. The first-order valence-electron chi connectivity index (χ1n) is 8.44. The number of methoxy groups -OCH3 is 1. The average molecular weight is 368 g/mol. The zero-order valence-corrected chi connectivity index (χ0v) is 15.5. The lowest BCUT2D eigenvalue weighted by atomic mass is 10.1. The van der Waals surface area contributed by atoms with E-state index in [1.165, 1.54) is 14.0 Å². The summed E-state index contributed by atoms with van der Waals surface area (Å²) in [4.78, 5) is 42.8. The van der Waals surface area contributed by atoms with E-state index < -0.39 is 23.8 Å². The van der Waals surface area contributed by atoms with Crippen molar-refractivity contribution in [1.82, 2.24) is 9.97 Å². The number of rotatable bonds is 5. The molecule has 0 saturated heterocycles. The molecule has 1 unspecified atom stereocenters. The molecule has 0 saturated carbocycles. The summed E-state index contributed by atoms with van der Waals surface area (Å²) in [5.74, 6) is -1.57. The Morgan fingerprint density at radius 3 is 2.41 bits per heavy atom. The second-order valence-corrected chi connectivity index (χ2v) is 6.30. The van der Waals surface area contributed by atoms with Gasteiger partial charge in [0, 0.05) is 16.6 Å². The van der Waals surface area contributed by atoms with E-state index in [0.29, 0.717) is 16.8 Å². The van der Waals surface area contributed by atoms with Crippen LogP contribution < -0.4 is 0 Å². The molecule has 3 aromatic rings. The number of ether oxygens (including phenoxy) is 2. The average Bonchev–Trinajstić information content (AvgIpc) is 3.21. The maximum atomic E-state index is 12.7. The molecule has 0 bridgehead atoms. The Morgan fingerprint density at radius 2 is 1.74 bits per heavy atom. The normalized spacial score (nSPS) is 12.0. The lowest BCUT2D eigenvalue weighted by Gasteiger charge is -2.11. The van der Waals surface area contributed by atoms with Crippen molar-refractivity contribution in [3.05, 3.63) is 58.5 Å². The van der Waals surface area contributed by atoms with Crippen LogP contribution in [0.2, 0.25) is 0 Å². The zero-order chi connectivity index (χ0) is 19.7. The van der Waals surface area contributed by atoms with E-state index in [-0.39, 0.29) is 11.4 Å². The smallest absolute Gasteiger partial charge is 0.355 e. The summed E-state index contributed by atoms with van der Waals surface area (Å²) in [5, 5.41) is 0.877. The number of para-hydroxylation sites is 1. The number of carbonyl (C=O) groups excluding carboxylic acids is 3. The standard InChI is InChI=1S/C20H20N2O5/c1-10-16(20(25)26-4)11(2)21-17(10)18(23)12(3)27-19(24)15-9-13-7-5-6-8-14(13)22-15/h5-9,12,21-22H,1-4H3. The summed E-state index contributed by atoms with van der Waals surface area (Å²) >= 11 is 0. The molecule has 0 amide bonds. The molecule has 140 valence electrons. The molecule has 0 aliphatic carbocycles. The van der Waals surface area contributed by atoms with Crippen LogP contribution in [-0.4, -0.2) is 40.9 Å². The molecule has 7 heteroatoms. The maximum Gasteiger partial charge on any atom is 0.355 e. The topological polar surface area (TPSA) is 101 Å². The van der Waals surface area contributed by atoms with Gasteiger partial charge in [-0.2, -0.15) is 0 Å². The number of Topliss-reactive ketones (excluding diaryl/α,β-unsaturated/α-hetero) is 1. The number of fused-ring (bicyclic) bond motifs is 1. The largest absolute Gasteiger partial charge is 0.465 e. The van der Waals surface area contributed by atoms with Crippen molar-refractivity contribution in [3.63, 3.8) is 0 Å². The molecule has 0 aliphatic heterocycles. The number of aromatic amines is 2. The number of hydrogen-bond donors (Lipinski definition) is 2. The van der Waals surface area contributed by atoms with Crippen molar-refractivity contribution in [2.45, 2.75) is 26.9 Å². The van der Waals surface area contributed by atoms with Gasteiger partial charge in [-0.3, -0.25) is 4.79 Å². The fourth-order valence-corrected chi connectivity index (χ4v) is 3.07. The third kappa shape index (κ3) is 3.36. The summed E-state index contributed by atoms with van der Waals surface area (Å²) in [7, 11) is 1.28. The fourth-order valence-electron chi connectivity index (χ4n) is 3.07. The van der Waals surface area contributed by atoms with Crippen molar-refractivity contribution in [2.24, 2.45) is 0 Å². The number of carbonyl (C=O) groups is 3. The van der Waals surface area contributed by atoms with E-state index in [0.717, 1.165) is 10.9 Å². The Labute approximate surface area is 155 Å². The van der Waals surface area contributed by atoms with Crippen molar-refractivity contribution >= 4 is 28.6 Å². The molecule has 1 atom stereocenters. The molecule has 0 fully saturated rings. The highest BCUT2D eigenvalue weighted by atomic mass is 16.5. The van der Waals surface area contributed by atoms with E-state index in [1.807, 2.05) is 24.3 Å². The minimum Gasteiger partial charge on any atom is -0.465 e.